The van der Waals surface area contributed by atoms with Crippen molar-refractivity contribution < 1.29 is 18.8 Å². The lowest BCUT2D eigenvalue weighted by Crippen LogP contribution is -2.51. The van der Waals surface area contributed by atoms with E-state index >= 15 is 0 Å². The van der Waals surface area contributed by atoms with E-state index < -0.39 is 12.1 Å². The van der Waals surface area contributed by atoms with Gasteiger partial charge in [-0.05, 0) is 5.56 Å². The predicted octanol–water partition coefficient (Wildman–Crippen LogP) is 1.21. The average molecular weight is 301 g/mol. The Bertz CT molecular complexity index is 657. The van der Waals surface area contributed by atoms with Gasteiger partial charge in [0.25, 0.3) is 5.91 Å². The number of hydrogen-bond acceptors (Lipinski definition) is 5. The van der Waals surface area contributed by atoms with Crippen molar-refractivity contribution in [2.75, 3.05) is 19.0 Å². The number of aromatic nitrogens is 1. The topological polar surface area (TPSA) is 84.7 Å². The Morgan fingerprint density at radius 2 is 2.09 bits per heavy atom. The van der Waals surface area contributed by atoms with Crippen LogP contribution in [0.2, 0.25) is 0 Å². The quantitative estimate of drug-likeness (QED) is 0.921. The molecule has 0 spiro atoms. The Balaban J connectivity index is 1.87. The third-order valence-electron chi connectivity index (χ3n) is 3.57. The highest BCUT2D eigenvalue weighted by molar-refractivity contribution is 5.95. The van der Waals surface area contributed by atoms with Crippen LogP contribution in [0.1, 0.15) is 11.6 Å². The third-order valence-corrected chi connectivity index (χ3v) is 3.57. The number of anilines is 1. The molecule has 2 aromatic rings. The van der Waals surface area contributed by atoms with Crippen molar-refractivity contribution in [3.63, 3.8) is 0 Å². The molecule has 22 heavy (non-hydrogen) atoms. The van der Waals surface area contributed by atoms with Crippen LogP contribution in [-0.4, -0.2) is 41.6 Å². The molecule has 1 aromatic carbocycles. The first-order valence-corrected chi connectivity index (χ1v) is 6.80. The smallest absolute Gasteiger partial charge is 0.257 e. The van der Waals surface area contributed by atoms with E-state index in [9.17, 15) is 9.59 Å². The minimum Gasteiger partial charge on any atom is -0.363 e. The molecular formula is C15H15N3O4. The SMILES string of the molecule is CN1C(=O)CO[C@@H](C(=O)Nc2ccon2)[C@@H]1c1ccccc1. The number of nitrogens with zero attached hydrogens (tertiary/aromatic N) is 2. The van der Waals surface area contributed by atoms with Gasteiger partial charge in [0, 0.05) is 13.1 Å². The van der Waals surface area contributed by atoms with Crippen LogP contribution in [0.4, 0.5) is 5.82 Å². The molecule has 2 amide bonds. The summed E-state index contributed by atoms with van der Waals surface area (Å²) >= 11 is 0. The first kappa shape index (κ1) is 14.3. The fourth-order valence-corrected chi connectivity index (χ4v) is 2.45. The molecule has 0 bridgehead atoms. The lowest BCUT2D eigenvalue weighted by molar-refractivity contribution is -0.160. The minimum atomic E-state index is -0.818. The molecule has 2 heterocycles. The monoisotopic (exact) mass is 301 g/mol. The van der Waals surface area contributed by atoms with Crippen molar-refractivity contribution in [2.24, 2.45) is 0 Å². The molecule has 0 saturated carbocycles. The number of likely N-dealkylation sites (N-methyl/N-ethyl adjacent to an activating group) is 1. The molecule has 114 valence electrons. The van der Waals surface area contributed by atoms with Gasteiger partial charge in [0.1, 0.15) is 12.9 Å². The van der Waals surface area contributed by atoms with E-state index in [0.29, 0.717) is 5.82 Å². The standard InChI is InChI=1S/C15H15N3O4/c1-18-12(19)9-21-14(13(18)10-5-3-2-4-6-10)15(20)16-11-7-8-22-17-11/h2-8,13-14H,9H2,1H3,(H,16,17,20)/t13-,14+/m0/s1. The van der Waals surface area contributed by atoms with Crippen molar-refractivity contribution in [1.82, 2.24) is 10.1 Å². The van der Waals surface area contributed by atoms with Gasteiger partial charge in [0.05, 0.1) is 6.04 Å². The second-order valence-electron chi connectivity index (χ2n) is 4.97. The van der Waals surface area contributed by atoms with Gasteiger partial charge >= 0.3 is 0 Å². The molecule has 7 heteroatoms. The lowest BCUT2D eigenvalue weighted by Gasteiger charge is -2.38. The maximum absolute atomic E-state index is 12.4. The van der Waals surface area contributed by atoms with Gasteiger partial charge in [0.15, 0.2) is 11.9 Å². The highest BCUT2D eigenvalue weighted by atomic mass is 16.5. The van der Waals surface area contributed by atoms with E-state index in [1.54, 1.807) is 7.05 Å². The van der Waals surface area contributed by atoms with Gasteiger partial charge in [-0.1, -0.05) is 35.5 Å². The van der Waals surface area contributed by atoms with E-state index in [2.05, 4.69) is 15.0 Å². The number of nitrogens with one attached hydrogen (secondary N) is 1. The number of hydrogen-bond donors (Lipinski definition) is 1. The van der Waals surface area contributed by atoms with Crippen LogP contribution in [0.3, 0.4) is 0 Å². The summed E-state index contributed by atoms with van der Waals surface area (Å²) in [7, 11) is 1.67. The summed E-state index contributed by atoms with van der Waals surface area (Å²) in [5.74, 6) is -0.235. The summed E-state index contributed by atoms with van der Waals surface area (Å²) in [5.41, 5.74) is 0.832. The Morgan fingerprint density at radius 3 is 2.77 bits per heavy atom. The number of carbonyl (C=O) groups is 2. The average Bonchev–Trinajstić information content (AvgIpc) is 3.03. The fraction of sp³-hybridized carbons (Fsp3) is 0.267. The van der Waals surface area contributed by atoms with Crippen molar-refractivity contribution in [1.29, 1.82) is 0 Å². The van der Waals surface area contributed by atoms with Gasteiger partial charge in [-0.3, -0.25) is 9.59 Å². The van der Waals surface area contributed by atoms with E-state index in [0.717, 1.165) is 5.56 Å². The van der Waals surface area contributed by atoms with Gasteiger partial charge in [-0.2, -0.15) is 0 Å². The van der Waals surface area contributed by atoms with Crippen LogP contribution in [-0.2, 0) is 14.3 Å². The zero-order valence-corrected chi connectivity index (χ0v) is 11.9. The number of amides is 2. The summed E-state index contributed by atoms with van der Waals surface area (Å²) < 4.78 is 10.2. The van der Waals surface area contributed by atoms with Crippen molar-refractivity contribution in [3.8, 4) is 0 Å². The molecule has 1 saturated heterocycles. The zero-order valence-electron chi connectivity index (χ0n) is 11.9. The molecule has 1 N–H and O–H groups in total. The third kappa shape index (κ3) is 2.71. The molecule has 1 fully saturated rings. The molecule has 1 aliphatic rings. The first-order chi connectivity index (χ1) is 10.7. The van der Waals surface area contributed by atoms with E-state index in [1.807, 2.05) is 30.3 Å². The molecule has 1 aliphatic heterocycles. The van der Waals surface area contributed by atoms with Crippen LogP contribution in [0, 0.1) is 0 Å². The van der Waals surface area contributed by atoms with E-state index in [4.69, 9.17) is 4.74 Å². The molecule has 2 atom stereocenters. The second-order valence-corrected chi connectivity index (χ2v) is 4.97. The summed E-state index contributed by atoms with van der Waals surface area (Å²) in [6.45, 7) is -0.128. The van der Waals surface area contributed by atoms with Gasteiger partial charge in [-0.25, -0.2) is 0 Å². The number of morpholine rings is 1. The number of carbonyl (C=O) groups excluding carboxylic acids is 2. The highest BCUT2D eigenvalue weighted by Crippen LogP contribution is 2.29. The van der Waals surface area contributed by atoms with Gasteiger partial charge in [0.2, 0.25) is 5.91 Å². The van der Waals surface area contributed by atoms with E-state index in [1.165, 1.54) is 17.2 Å². The first-order valence-electron chi connectivity index (χ1n) is 6.80. The summed E-state index contributed by atoms with van der Waals surface area (Å²) in [4.78, 5) is 25.9. The van der Waals surface area contributed by atoms with Crippen molar-refractivity contribution in [3.05, 3.63) is 48.2 Å². The molecule has 0 unspecified atom stereocenters. The second kappa shape index (κ2) is 5.98. The molecule has 0 aliphatic carbocycles. The number of benzene rings is 1. The van der Waals surface area contributed by atoms with E-state index in [-0.39, 0.29) is 18.4 Å². The maximum atomic E-state index is 12.4. The largest absolute Gasteiger partial charge is 0.363 e. The summed E-state index contributed by atoms with van der Waals surface area (Å²) in [6, 6.07) is 10.4. The van der Waals surface area contributed by atoms with Crippen molar-refractivity contribution >= 4 is 17.6 Å². The molecule has 0 radical (unpaired) electrons. The summed E-state index contributed by atoms with van der Waals surface area (Å²) in [5, 5.41) is 6.26. The van der Waals surface area contributed by atoms with Crippen LogP contribution in [0.25, 0.3) is 0 Å². The Hall–Kier alpha value is -2.67. The van der Waals surface area contributed by atoms with Crippen LogP contribution >= 0.6 is 0 Å². The molecular weight excluding hydrogens is 286 g/mol. The molecule has 1 aromatic heterocycles. The maximum Gasteiger partial charge on any atom is 0.257 e. The minimum absolute atomic E-state index is 0.128. The Labute approximate surface area is 126 Å². The molecule has 7 nitrogen and oxygen atoms in total. The van der Waals surface area contributed by atoms with Crippen molar-refractivity contribution in [2.45, 2.75) is 12.1 Å². The normalized spacial score (nSPS) is 21.7. The Morgan fingerprint density at radius 1 is 1.32 bits per heavy atom. The Kier molecular flexibility index (Phi) is 3.88. The molecule has 3 rings (SSSR count). The van der Waals surface area contributed by atoms with Crippen LogP contribution < -0.4 is 5.32 Å². The number of ether oxygens (including phenoxy) is 1. The fourth-order valence-electron chi connectivity index (χ4n) is 2.45. The predicted molar refractivity (Wildman–Crippen MR) is 76.8 cm³/mol. The lowest BCUT2D eigenvalue weighted by atomic mass is 9.97. The highest BCUT2D eigenvalue weighted by Gasteiger charge is 2.40. The van der Waals surface area contributed by atoms with Gasteiger partial charge in [-0.15, -0.1) is 0 Å². The van der Waals surface area contributed by atoms with Crippen LogP contribution in [0.15, 0.2) is 47.2 Å². The number of rotatable bonds is 3. The summed E-state index contributed by atoms with van der Waals surface area (Å²) in [6.07, 6.45) is 0.545. The van der Waals surface area contributed by atoms with Crippen LogP contribution in [0.5, 0.6) is 0 Å². The zero-order chi connectivity index (χ0) is 15.5. The van der Waals surface area contributed by atoms with Gasteiger partial charge < -0.3 is 19.5 Å².